The van der Waals surface area contributed by atoms with Crippen molar-refractivity contribution in [3.8, 4) is 23.0 Å². The average Bonchev–Trinajstić information content (AvgIpc) is 3.20. The summed E-state index contributed by atoms with van der Waals surface area (Å²) in [4.78, 5) is 22.0. The number of esters is 2. The standard InChI is InChI=1S/C44H50F8O8/c1-3-39(53)59-25-11-7-5-9-23-55-33-19-17-31(35(45)29-33)15-13-27-57-37-21-22-38(42(44(50,51)52)41(37)43(47,48)49)58-28-14-16-32-18-20-34(30-36(32)46)56-24-10-6-8-12-26-60-40(54)4-2/h3-4,17-22,29-30H,1-2,5-16,23-28H2. The van der Waals surface area contributed by atoms with Crippen molar-refractivity contribution in [2.45, 2.75) is 89.4 Å². The van der Waals surface area contributed by atoms with Crippen molar-refractivity contribution in [2.75, 3.05) is 39.6 Å². The van der Waals surface area contributed by atoms with Gasteiger partial charge < -0.3 is 28.4 Å². The van der Waals surface area contributed by atoms with Crippen LogP contribution >= 0.6 is 0 Å². The maximum absolute atomic E-state index is 14.7. The molecular formula is C44H50F8O8. The first-order valence-corrected chi connectivity index (χ1v) is 19.6. The highest BCUT2D eigenvalue weighted by atomic mass is 19.4. The topological polar surface area (TPSA) is 89.5 Å². The molecule has 0 N–H and O–H groups in total. The second-order valence-electron chi connectivity index (χ2n) is 13.5. The van der Waals surface area contributed by atoms with Crippen LogP contribution < -0.4 is 18.9 Å². The van der Waals surface area contributed by atoms with E-state index >= 15 is 0 Å². The van der Waals surface area contributed by atoms with Crippen molar-refractivity contribution in [1.82, 2.24) is 0 Å². The van der Waals surface area contributed by atoms with Crippen LogP contribution in [0.4, 0.5) is 35.1 Å². The van der Waals surface area contributed by atoms with Crippen molar-refractivity contribution < 1.29 is 73.1 Å². The van der Waals surface area contributed by atoms with E-state index in [0.717, 1.165) is 50.0 Å². The van der Waals surface area contributed by atoms with Crippen LogP contribution in [0.2, 0.25) is 0 Å². The van der Waals surface area contributed by atoms with Gasteiger partial charge >= 0.3 is 24.3 Å². The van der Waals surface area contributed by atoms with E-state index in [2.05, 4.69) is 13.2 Å². The molecule has 0 fully saturated rings. The number of alkyl halides is 6. The molecule has 0 bridgehead atoms. The van der Waals surface area contributed by atoms with Gasteiger partial charge in [0.05, 0.1) is 39.6 Å². The average molecular weight is 859 g/mol. The van der Waals surface area contributed by atoms with Gasteiger partial charge in [0.1, 0.15) is 45.8 Å². The van der Waals surface area contributed by atoms with Gasteiger partial charge in [-0.3, -0.25) is 0 Å². The molecule has 0 aliphatic carbocycles. The van der Waals surface area contributed by atoms with Gasteiger partial charge in [0.2, 0.25) is 0 Å². The molecule has 0 spiro atoms. The summed E-state index contributed by atoms with van der Waals surface area (Å²) in [5.74, 6) is -3.77. The molecule has 0 unspecified atom stereocenters. The van der Waals surface area contributed by atoms with Gasteiger partial charge in [0.25, 0.3) is 0 Å². The Bertz CT molecular complexity index is 1700. The number of carbonyl (C=O) groups is 2. The molecule has 3 rings (SSSR count). The van der Waals surface area contributed by atoms with Crippen LogP contribution in [-0.2, 0) is 44.3 Å². The summed E-state index contributed by atoms with van der Waals surface area (Å²) in [6.45, 7) is 6.94. The van der Waals surface area contributed by atoms with E-state index in [9.17, 15) is 44.7 Å². The second-order valence-corrected chi connectivity index (χ2v) is 13.5. The quantitative estimate of drug-likeness (QED) is 0.0309. The van der Waals surface area contributed by atoms with E-state index in [1.165, 1.54) is 36.4 Å². The lowest BCUT2D eigenvalue weighted by molar-refractivity contribution is -0.164. The first-order chi connectivity index (χ1) is 28.6. The number of rotatable bonds is 28. The Labute approximate surface area is 344 Å². The molecule has 0 saturated heterocycles. The van der Waals surface area contributed by atoms with Crippen molar-refractivity contribution in [2.24, 2.45) is 0 Å². The molecule has 60 heavy (non-hydrogen) atoms. The summed E-state index contributed by atoms with van der Waals surface area (Å²) in [7, 11) is 0. The molecule has 0 atom stereocenters. The number of aryl methyl sites for hydroxylation is 2. The van der Waals surface area contributed by atoms with Gasteiger partial charge in [0, 0.05) is 24.3 Å². The minimum absolute atomic E-state index is 0.0161. The molecule has 0 heterocycles. The van der Waals surface area contributed by atoms with Crippen LogP contribution in [0.25, 0.3) is 0 Å². The highest BCUT2D eigenvalue weighted by molar-refractivity contribution is 5.81. The number of hydrogen-bond donors (Lipinski definition) is 0. The number of unbranched alkanes of at least 4 members (excludes halogenated alkanes) is 6. The Morgan fingerprint density at radius 2 is 0.833 bits per heavy atom. The van der Waals surface area contributed by atoms with Crippen LogP contribution in [-0.4, -0.2) is 51.6 Å². The van der Waals surface area contributed by atoms with Crippen molar-refractivity contribution >= 4 is 11.9 Å². The van der Waals surface area contributed by atoms with E-state index < -0.39 is 71.8 Å². The van der Waals surface area contributed by atoms with E-state index in [1.54, 1.807) is 0 Å². The summed E-state index contributed by atoms with van der Waals surface area (Å²) < 4.78 is 146. The fraction of sp³-hybridized carbons (Fsp3) is 0.455. The minimum atomic E-state index is -5.48. The third kappa shape index (κ3) is 17.5. The third-order valence-electron chi connectivity index (χ3n) is 8.88. The lowest BCUT2D eigenvalue weighted by atomic mass is 10.0. The lowest BCUT2D eigenvalue weighted by Crippen LogP contribution is -2.20. The molecule has 0 saturated carbocycles. The largest absolute Gasteiger partial charge is 0.493 e. The van der Waals surface area contributed by atoms with Crippen LogP contribution in [0.3, 0.4) is 0 Å². The monoisotopic (exact) mass is 858 g/mol. The molecule has 3 aromatic carbocycles. The number of ether oxygens (including phenoxy) is 6. The maximum atomic E-state index is 14.7. The van der Waals surface area contributed by atoms with E-state index in [4.69, 9.17) is 28.4 Å². The molecule has 0 aromatic heterocycles. The maximum Gasteiger partial charge on any atom is 0.420 e. The summed E-state index contributed by atoms with van der Waals surface area (Å²) >= 11 is 0. The van der Waals surface area contributed by atoms with Gasteiger partial charge in [-0.2, -0.15) is 26.3 Å². The van der Waals surface area contributed by atoms with Crippen LogP contribution in [0, 0.1) is 11.6 Å². The first-order valence-electron chi connectivity index (χ1n) is 19.6. The van der Waals surface area contributed by atoms with Crippen LogP contribution in [0.5, 0.6) is 23.0 Å². The Balaban J connectivity index is 1.48. The predicted octanol–water partition coefficient (Wildman–Crippen LogP) is 11.4. The summed E-state index contributed by atoms with van der Waals surface area (Å²) in [5, 5.41) is 0. The Kier molecular flexibility index (Phi) is 20.8. The molecular weight excluding hydrogens is 808 g/mol. The molecule has 8 nitrogen and oxygen atoms in total. The zero-order chi connectivity index (χ0) is 44.0. The molecule has 16 heteroatoms. The highest BCUT2D eigenvalue weighted by Gasteiger charge is 2.48. The summed E-state index contributed by atoms with van der Waals surface area (Å²) in [6, 6.07) is 9.81. The second kappa shape index (κ2) is 25.4. The van der Waals surface area contributed by atoms with Gasteiger partial charge in [-0.05, 0) is 112 Å². The fourth-order valence-electron chi connectivity index (χ4n) is 5.86. The number of halogens is 8. The Hall–Kier alpha value is -5.28. The lowest BCUT2D eigenvalue weighted by Gasteiger charge is -2.22. The smallest absolute Gasteiger partial charge is 0.420 e. The van der Waals surface area contributed by atoms with E-state index in [1.807, 2.05) is 0 Å². The summed E-state index contributed by atoms with van der Waals surface area (Å²) in [5.41, 5.74) is -3.67. The van der Waals surface area contributed by atoms with E-state index in [0.29, 0.717) is 38.9 Å². The van der Waals surface area contributed by atoms with Crippen LogP contribution in [0.15, 0.2) is 73.8 Å². The molecule has 3 aromatic rings. The Morgan fingerprint density at radius 1 is 0.483 bits per heavy atom. The predicted molar refractivity (Wildman–Crippen MR) is 207 cm³/mol. The molecule has 0 aliphatic heterocycles. The van der Waals surface area contributed by atoms with Crippen molar-refractivity contribution in [3.63, 3.8) is 0 Å². The van der Waals surface area contributed by atoms with Crippen LogP contribution in [0.1, 0.15) is 86.5 Å². The van der Waals surface area contributed by atoms with Gasteiger partial charge in [-0.25, -0.2) is 18.4 Å². The third-order valence-corrected chi connectivity index (χ3v) is 8.88. The summed E-state index contributed by atoms with van der Waals surface area (Å²) in [6.07, 6.45) is -2.88. The van der Waals surface area contributed by atoms with Gasteiger partial charge in [-0.1, -0.05) is 25.3 Å². The zero-order valence-corrected chi connectivity index (χ0v) is 33.2. The molecule has 0 amide bonds. The fourth-order valence-corrected chi connectivity index (χ4v) is 5.86. The molecule has 0 aliphatic rings. The van der Waals surface area contributed by atoms with Gasteiger partial charge in [-0.15, -0.1) is 0 Å². The number of carbonyl (C=O) groups excluding carboxylic acids is 2. The first kappa shape index (κ1) is 49.1. The highest BCUT2D eigenvalue weighted by Crippen LogP contribution is 2.49. The molecule has 330 valence electrons. The molecule has 0 radical (unpaired) electrons. The zero-order valence-electron chi connectivity index (χ0n) is 33.2. The van der Waals surface area contributed by atoms with Crippen molar-refractivity contribution in [1.29, 1.82) is 0 Å². The normalized spacial score (nSPS) is 11.5. The van der Waals surface area contributed by atoms with Crippen molar-refractivity contribution in [3.05, 3.63) is 108 Å². The number of benzene rings is 3. The Morgan fingerprint density at radius 3 is 1.17 bits per heavy atom. The minimum Gasteiger partial charge on any atom is -0.493 e. The SMILES string of the molecule is C=CC(=O)OCCCCCCOc1ccc(CCCOc2ccc(OCCCc3ccc(OCCCCCCOC(=O)C=C)cc3F)c(C(F)(F)F)c2C(F)(F)F)c(F)c1. The van der Waals surface area contributed by atoms with Gasteiger partial charge in [0.15, 0.2) is 0 Å². The van der Waals surface area contributed by atoms with E-state index in [-0.39, 0.29) is 61.5 Å². The number of hydrogen-bond acceptors (Lipinski definition) is 8.